The summed E-state index contributed by atoms with van der Waals surface area (Å²) in [6, 6.07) is 2.45. The summed E-state index contributed by atoms with van der Waals surface area (Å²) in [6.07, 6.45) is 8.59. The van der Waals surface area contributed by atoms with Gasteiger partial charge in [-0.2, -0.15) is 5.26 Å². The van der Waals surface area contributed by atoms with Crippen molar-refractivity contribution in [2.24, 2.45) is 22.7 Å². The number of alkyl halides is 2. The minimum atomic E-state index is -0.991. The first-order valence-corrected chi connectivity index (χ1v) is 12.6. The zero-order chi connectivity index (χ0) is 22.7. The molecule has 0 N–H and O–H groups in total. The highest BCUT2D eigenvalue weighted by Gasteiger charge is 2.84. The van der Waals surface area contributed by atoms with Crippen LogP contribution < -0.4 is 0 Å². The normalized spacial score (nSPS) is 57.7. The Morgan fingerprint density at radius 2 is 2.06 bits per heavy atom. The Bertz CT molecular complexity index is 1000. The molecule has 7 heteroatoms. The molecule has 2 heterocycles. The highest BCUT2D eigenvalue weighted by atomic mass is 35.5. The van der Waals surface area contributed by atoms with Crippen LogP contribution in [0.1, 0.15) is 52.9 Å². The third-order valence-corrected chi connectivity index (χ3v) is 11.5. The summed E-state index contributed by atoms with van der Waals surface area (Å²) in [5, 5.41) is 9.81. The number of carbonyl (C=O) groups excluding carboxylic acids is 1. The molecule has 2 unspecified atom stereocenters. The molecule has 172 valence electrons. The van der Waals surface area contributed by atoms with Crippen molar-refractivity contribution in [2.75, 3.05) is 6.61 Å². The van der Waals surface area contributed by atoms with E-state index in [1.807, 2.05) is 13.0 Å². The van der Waals surface area contributed by atoms with Crippen molar-refractivity contribution in [3.8, 4) is 6.07 Å². The van der Waals surface area contributed by atoms with E-state index in [2.05, 4.69) is 19.9 Å². The van der Waals surface area contributed by atoms with E-state index in [-0.39, 0.29) is 35.4 Å². The van der Waals surface area contributed by atoms with Crippen LogP contribution >= 0.6 is 23.2 Å². The maximum Gasteiger partial charge on any atom is 0.209 e. The third kappa shape index (κ3) is 2.16. The van der Waals surface area contributed by atoms with E-state index in [0.717, 1.165) is 31.3 Å². The van der Waals surface area contributed by atoms with E-state index in [1.165, 1.54) is 0 Å². The van der Waals surface area contributed by atoms with Gasteiger partial charge in [0.15, 0.2) is 12.1 Å². The van der Waals surface area contributed by atoms with Crippen molar-refractivity contribution < 1.29 is 19.0 Å². The lowest BCUT2D eigenvalue weighted by molar-refractivity contribution is -0.186. The smallest absolute Gasteiger partial charge is 0.209 e. The number of epoxide rings is 1. The molecule has 0 aromatic carbocycles. The van der Waals surface area contributed by atoms with Crippen LogP contribution in [0.5, 0.6) is 0 Å². The molecular weight excluding hydrogens is 449 g/mol. The van der Waals surface area contributed by atoms with Crippen LogP contribution in [0, 0.1) is 34.0 Å². The monoisotopic (exact) mass is 477 g/mol. The molecule has 3 saturated carbocycles. The predicted octanol–water partition coefficient (Wildman–Crippen LogP) is 4.67. The molecule has 0 bridgehead atoms. The van der Waals surface area contributed by atoms with Crippen LogP contribution in [-0.4, -0.2) is 46.2 Å². The summed E-state index contributed by atoms with van der Waals surface area (Å²) in [4.78, 5) is 11.4. The lowest BCUT2D eigenvalue weighted by atomic mass is 9.46. The molecule has 0 spiro atoms. The van der Waals surface area contributed by atoms with Gasteiger partial charge < -0.3 is 14.2 Å². The van der Waals surface area contributed by atoms with Crippen molar-refractivity contribution in [2.45, 2.75) is 86.7 Å². The molecule has 0 amide bonds. The Labute approximate surface area is 199 Å². The second-order valence-electron chi connectivity index (χ2n) is 11.0. The number of hydrogen-bond donors (Lipinski definition) is 0. The quantitative estimate of drug-likeness (QED) is 0.426. The predicted molar refractivity (Wildman–Crippen MR) is 119 cm³/mol. The maximum atomic E-state index is 12.1. The number of fused-ring (bicyclic) bond motifs is 7. The van der Waals surface area contributed by atoms with E-state index in [9.17, 15) is 10.1 Å². The zero-order valence-corrected chi connectivity index (χ0v) is 20.2. The second-order valence-corrected chi connectivity index (χ2v) is 12.1. The van der Waals surface area contributed by atoms with Gasteiger partial charge >= 0.3 is 0 Å². The van der Waals surface area contributed by atoms with Crippen molar-refractivity contribution >= 4 is 29.0 Å². The fourth-order valence-electron chi connectivity index (χ4n) is 8.33. The summed E-state index contributed by atoms with van der Waals surface area (Å²) in [7, 11) is 0. The average Bonchev–Trinajstić information content (AvgIpc) is 3.41. The van der Waals surface area contributed by atoms with Gasteiger partial charge in [0.25, 0.3) is 0 Å². The molecular formula is C25H29Cl2NO4. The van der Waals surface area contributed by atoms with Crippen molar-refractivity contribution in [3.05, 3.63) is 23.8 Å². The Morgan fingerprint density at radius 1 is 1.31 bits per heavy atom. The Kier molecular flexibility index (Phi) is 4.33. The van der Waals surface area contributed by atoms with Gasteiger partial charge in [-0.3, -0.25) is 4.79 Å². The first-order chi connectivity index (χ1) is 15.1. The number of carbonyl (C=O) groups is 1. The highest BCUT2D eigenvalue weighted by molar-refractivity contribution is 6.34. The maximum absolute atomic E-state index is 12.1. The fraction of sp³-hybridized carbons (Fsp3) is 0.760. The van der Waals surface area contributed by atoms with Crippen LogP contribution in [0.25, 0.3) is 0 Å². The number of nitriles is 1. The third-order valence-electron chi connectivity index (χ3n) is 9.94. The summed E-state index contributed by atoms with van der Waals surface area (Å²) in [5.41, 5.74) is -1.65. The Morgan fingerprint density at radius 3 is 2.72 bits per heavy atom. The van der Waals surface area contributed by atoms with Crippen molar-refractivity contribution in [1.82, 2.24) is 0 Å². The molecule has 2 saturated heterocycles. The summed E-state index contributed by atoms with van der Waals surface area (Å²) < 4.78 is 18.9. The minimum absolute atomic E-state index is 0.0200. The van der Waals surface area contributed by atoms with Crippen LogP contribution in [0.2, 0.25) is 0 Å². The number of hydrogen-bond acceptors (Lipinski definition) is 5. The SMILES string of the molecule is CCC1O[C@@H]2C[C@H]3[C@@H]4CCC5=CC(=O)C=C[C@]5(C)[C@@]4(Cl)[C@@H](Cl)C[C@]3(C)[C@]2(C2(C#N)CO2)O1. The van der Waals surface area contributed by atoms with Gasteiger partial charge in [-0.15, -0.1) is 23.2 Å². The Balaban J connectivity index is 1.48. The van der Waals surface area contributed by atoms with Crippen LogP contribution in [-0.2, 0) is 19.0 Å². The van der Waals surface area contributed by atoms with Gasteiger partial charge in [0.2, 0.25) is 5.60 Å². The van der Waals surface area contributed by atoms with Crippen molar-refractivity contribution in [3.63, 3.8) is 0 Å². The number of halogens is 2. The number of rotatable bonds is 2. The molecule has 6 rings (SSSR count). The number of ketones is 1. The van der Waals surface area contributed by atoms with Gasteiger partial charge in [0.05, 0.1) is 23.0 Å². The van der Waals surface area contributed by atoms with E-state index in [0.29, 0.717) is 13.0 Å². The Hall–Kier alpha value is -0.900. The number of allylic oxidation sites excluding steroid dienone is 4. The average molecular weight is 478 g/mol. The molecule has 2 aliphatic heterocycles. The molecule has 0 radical (unpaired) electrons. The largest absolute Gasteiger partial charge is 0.351 e. The van der Waals surface area contributed by atoms with Crippen LogP contribution in [0.4, 0.5) is 0 Å². The summed E-state index contributed by atoms with van der Waals surface area (Å²) >= 11 is 14.9. The minimum Gasteiger partial charge on any atom is -0.351 e. The van der Waals surface area contributed by atoms with Gasteiger partial charge in [-0.05, 0) is 56.1 Å². The van der Waals surface area contributed by atoms with Crippen molar-refractivity contribution in [1.29, 1.82) is 5.26 Å². The molecule has 32 heavy (non-hydrogen) atoms. The first-order valence-electron chi connectivity index (χ1n) is 11.8. The first kappa shape index (κ1) is 21.6. The van der Waals surface area contributed by atoms with E-state index < -0.39 is 26.9 Å². The second kappa shape index (κ2) is 6.40. The topological polar surface area (TPSA) is 71.9 Å². The molecule has 0 aromatic rings. The molecule has 5 nitrogen and oxygen atoms in total. The lowest BCUT2D eigenvalue weighted by Gasteiger charge is -2.64. The molecule has 10 atom stereocenters. The van der Waals surface area contributed by atoms with Crippen LogP contribution in [0.3, 0.4) is 0 Å². The fourth-order valence-corrected chi connectivity index (χ4v) is 9.56. The highest BCUT2D eigenvalue weighted by Crippen LogP contribution is 2.75. The van der Waals surface area contributed by atoms with Gasteiger partial charge in [-0.25, -0.2) is 0 Å². The lowest BCUT2D eigenvalue weighted by Crippen LogP contribution is -2.69. The standard InChI is InChI=1S/C25H29Cl2NO4/c1-4-20-31-19-10-17-16-6-5-14-9-15(29)7-8-21(14,2)24(16,27)18(26)11-22(17,3)25(19,32-20)23(12-28)13-30-23/h7-9,16-20H,4-6,10-11,13H2,1-3H3/t16-,17-,18-,19+,20?,21-,22-,23?,24-,25+/m0/s1. The van der Waals surface area contributed by atoms with Gasteiger partial charge in [0.1, 0.15) is 11.7 Å². The van der Waals surface area contributed by atoms with E-state index in [4.69, 9.17) is 37.4 Å². The number of nitrogens with zero attached hydrogens (tertiary/aromatic N) is 1. The summed E-state index contributed by atoms with van der Waals surface area (Å²) in [6.45, 7) is 6.75. The van der Waals surface area contributed by atoms with Crippen LogP contribution in [0.15, 0.2) is 23.8 Å². The zero-order valence-electron chi connectivity index (χ0n) is 18.7. The molecule has 0 aromatic heterocycles. The number of ether oxygens (including phenoxy) is 3. The van der Waals surface area contributed by atoms with E-state index >= 15 is 0 Å². The van der Waals surface area contributed by atoms with Gasteiger partial charge in [-0.1, -0.05) is 32.4 Å². The molecule has 6 aliphatic rings. The van der Waals surface area contributed by atoms with Gasteiger partial charge in [0, 0.05) is 10.8 Å². The van der Waals surface area contributed by atoms with E-state index in [1.54, 1.807) is 12.2 Å². The summed E-state index contributed by atoms with van der Waals surface area (Å²) in [5.74, 6) is 0.304. The molecule has 4 aliphatic carbocycles. The molecule has 5 fully saturated rings.